The second-order valence-corrected chi connectivity index (χ2v) is 14.4. The third-order valence-corrected chi connectivity index (χ3v) is 13.1. The van der Waals surface area contributed by atoms with Gasteiger partial charge in [0.25, 0.3) is 0 Å². The van der Waals surface area contributed by atoms with Crippen LogP contribution >= 0.6 is 0 Å². The Morgan fingerprint density at radius 3 is 2.08 bits per heavy atom. The summed E-state index contributed by atoms with van der Waals surface area (Å²) < 4.78 is 0. The molecule has 0 aliphatic heterocycles. The van der Waals surface area contributed by atoms with Crippen molar-refractivity contribution in [3.05, 3.63) is 11.6 Å². The van der Waals surface area contributed by atoms with E-state index < -0.39 is 11.5 Å². The molecule has 0 aromatic carbocycles. The largest absolute Gasteiger partial charge is 0.481 e. The molecule has 0 aromatic heterocycles. The first-order chi connectivity index (χ1) is 17.2. The van der Waals surface area contributed by atoms with Crippen molar-refractivity contribution in [1.29, 1.82) is 0 Å². The van der Waals surface area contributed by atoms with Crippen molar-refractivity contribution in [2.75, 3.05) is 0 Å². The molecule has 4 N–H and O–H groups in total. The van der Waals surface area contributed by atoms with Gasteiger partial charge in [0.2, 0.25) is 0 Å². The lowest BCUT2D eigenvalue weighted by atomic mass is 9.33. The van der Waals surface area contributed by atoms with E-state index in [9.17, 15) is 15.0 Å². The van der Waals surface area contributed by atoms with E-state index in [0.717, 1.165) is 44.9 Å². The number of nitrogens with two attached hydrogens (primary N) is 1. The Labute approximate surface area is 228 Å². The molecule has 0 saturated heterocycles. The van der Waals surface area contributed by atoms with Crippen molar-refractivity contribution in [3.63, 3.8) is 0 Å². The number of carboxylic acid groups (broad SMARTS) is 1. The zero-order chi connectivity index (χ0) is 28.2. The highest BCUT2D eigenvalue weighted by Crippen LogP contribution is 2.75. The highest BCUT2D eigenvalue weighted by molar-refractivity contribution is 5.70. The van der Waals surface area contributed by atoms with Gasteiger partial charge >= 0.3 is 5.97 Å². The van der Waals surface area contributed by atoms with Gasteiger partial charge in [-0.3, -0.25) is 4.79 Å². The van der Waals surface area contributed by atoms with Crippen molar-refractivity contribution in [3.8, 4) is 0 Å². The van der Waals surface area contributed by atoms with Crippen LogP contribution in [0.5, 0.6) is 0 Å². The fourth-order valence-corrected chi connectivity index (χ4v) is 10.6. The van der Waals surface area contributed by atoms with Crippen LogP contribution in [0.15, 0.2) is 11.6 Å². The molecule has 214 valence electrons. The fourth-order valence-electron chi connectivity index (χ4n) is 10.6. The molecule has 4 nitrogen and oxygen atoms in total. The molecule has 0 bridgehead atoms. The Hall–Kier alpha value is -0.870. The number of carboxylic acids is 1. The van der Waals surface area contributed by atoms with E-state index in [2.05, 4.69) is 47.6 Å². The average Bonchev–Trinajstić information content (AvgIpc) is 2.85. The van der Waals surface area contributed by atoms with Gasteiger partial charge in [0, 0.05) is 5.54 Å². The summed E-state index contributed by atoms with van der Waals surface area (Å²) in [4.78, 5) is 12.0. The average molecular weight is 518 g/mol. The van der Waals surface area contributed by atoms with E-state index in [1.165, 1.54) is 18.4 Å². The zero-order valence-corrected chi connectivity index (χ0v) is 25.8. The van der Waals surface area contributed by atoms with Gasteiger partial charge in [-0.1, -0.05) is 75.3 Å². The van der Waals surface area contributed by atoms with Crippen LogP contribution in [0.3, 0.4) is 0 Å². The first-order valence-corrected chi connectivity index (χ1v) is 15.6. The van der Waals surface area contributed by atoms with Crippen molar-refractivity contribution in [1.82, 2.24) is 0 Å². The fraction of sp³-hybridized carbons (Fsp3) is 0.909. The molecule has 0 aromatic rings. The van der Waals surface area contributed by atoms with Crippen LogP contribution < -0.4 is 5.73 Å². The maximum atomic E-state index is 12.0. The molecule has 7 unspecified atom stereocenters. The summed E-state index contributed by atoms with van der Waals surface area (Å²) in [6, 6.07) is 0. The number of hydrogen-bond donors (Lipinski definition) is 3. The van der Waals surface area contributed by atoms with Gasteiger partial charge in [-0.25, -0.2) is 0 Å². The molecule has 4 saturated carbocycles. The molecule has 4 fully saturated rings. The highest BCUT2D eigenvalue weighted by Gasteiger charge is 2.70. The van der Waals surface area contributed by atoms with Crippen LogP contribution in [0.1, 0.15) is 133 Å². The Balaban J connectivity index is 0.000000907. The summed E-state index contributed by atoms with van der Waals surface area (Å²) in [6.45, 7) is 22.5. The summed E-state index contributed by atoms with van der Waals surface area (Å²) >= 11 is 0. The van der Waals surface area contributed by atoms with E-state index in [4.69, 9.17) is 5.73 Å². The van der Waals surface area contributed by atoms with Crippen LogP contribution in [0, 0.1) is 44.8 Å². The van der Waals surface area contributed by atoms with Crippen molar-refractivity contribution >= 4 is 5.97 Å². The third kappa shape index (κ3) is 4.00. The lowest BCUT2D eigenvalue weighted by Crippen LogP contribution is -2.70. The smallest absolute Gasteiger partial charge is 0.306 e. The van der Waals surface area contributed by atoms with Crippen LogP contribution in [0.25, 0.3) is 0 Å². The maximum Gasteiger partial charge on any atom is 0.306 e. The van der Waals surface area contributed by atoms with Crippen molar-refractivity contribution in [2.24, 2.45) is 50.6 Å². The van der Waals surface area contributed by atoms with Gasteiger partial charge in [-0.05, 0) is 109 Å². The van der Waals surface area contributed by atoms with Gasteiger partial charge in [0.05, 0.1) is 12.0 Å². The molecular formula is C33H59NO3. The monoisotopic (exact) mass is 517 g/mol. The highest BCUT2D eigenvalue weighted by atomic mass is 16.4. The van der Waals surface area contributed by atoms with Crippen molar-refractivity contribution in [2.45, 2.75) is 145 Å². The third-order valence-electron chi connectivity index (χ3n) is 13.1. The summed E-state index contributed by atoms with van der Waals surface area (Å²) in [7, 11) is 0. The predicted molar refractivity (Wildman–Crippen MR) is 154 cm³/mol. The molecule has 0 radical (unpaired) electrons. The Morgan fingerprint density at radius 2 is 1.49 bits per heavy atom. The number of carbonyl (C=O) groups is 1. The predicted octanol–water partition coefficient (Wildman–Crippen LogP) is 7.98. The number of aliphatic hydroxyl groups is 1. The molecule has 0 spiro atoms. The lowest BCUT2D eigenvalue weighted by molar-refractivity contribution is -0.203. The summed E-state index contributed by atoms with van der Waals surface area (Å²) in [5, 5.41) is 20.7. The number of aliphatic hydroxyl groups excluding tert-OH is 1. The Morgan fingerprint density at radius 1 is 0.865 bits per heavy atom. The minimum atomic E-state index is -0.675. The topological polar surface area (TPSA) is 83.5 Å². The second kappa shape index (κ2) is 9.95. The maximum absolute atomic E-state index is 12.0. The van der Waals surface area contributed by atoms with Gasteiger partial charge < -0.3 is 15.9 Å². The van der Waals surface area contributed by atoms with E-state index in [1.54, 1.807) is 0 Å². The molecule has 37 heavy (non-hydrogen) atoms. The molecule has 5 rings (SSSR count). The lowest BCUT2D eigenvalue weighted by Gasteiger charge is -2.72. The minimum Gasteiger partial charge on any atom is -0.481 e. The summed E-state index contributed by atoms with van der Waals surface area (Å²) in [5.41, 5.74) is 8.62. The first kappa shape index (κ1) is 30.7. The molecule has 0 heterocycles. The summed E-state index contributed by atoms with van der Waals surface area (Å²) in [6.07, 6.45) is 12.2. The number of rotatable bonds is 1. The minimum absolute atomic E-state index is 0.00840. The molecule has 9 atom stereocenters. The van der Waals surface area contributed by atoms with E-state index in [1.807, 2.05) is 27.7 Å². The van der Waals surface area contributed by atoms with Gasteiger partial charge in [0.15, 0.2) is 0 Å². The van der Waals surface area contributed by atoms with Crippen LogP contribution in [-0.4, -0.2) is 27.8 Å². The summed E-state index contributed by atoms with van der Waals surface area (Å²) in [5.74, 6) is 0.115. The van der Waals surface area contributed by atoms with Crippen LogP contribution in [0.4, 0.5) is 0 Å². The number of fused-ring (bicyclic) bond motifs is 7. The van der Waals surface area contributed by atoms with E-state index >= 15 is 0 Å². The quantitative estimate of drug-likeness (QED) is 0.308. The number of hydrogen-bond acceptors (Lipinski definition) is 3. The molecule has 5 aliphatic carbocycles. The zero-order valence-electron chi connectivity index (χ0n) is 25.8. The Kier molecular flexibility index (Phi) is 8.25. The molecule has 5 aliphatic rings. The number of aliphatic carboxylic acids is 1. The van der Waals surface area contributed by atoms with Gasteiger partial charge in [-0.2, -0.15) is 0 Å². The SMILES string of the molecule is CC.CC.CC12CC[C@H](O)C(C)(C)C1CCC1(C)C2CC=C2C1(C)CC[C@@]1(C)CCC(C(=O)O)CC21N. The molecule has 0 amide bonds. The van der Waals surface area contributed by atoms with Crippen LogP contribution in [-0.2, 0) is 4.79 Å². The molecular weight excluding hydrogens is 458 g/mol. The molecule has 4 heteroatoms. The normalized spacial score (nSPS) is 49.7. The van der Waals surface area contributed by atoms with E-state index in [-0.39, 0.29) is 39.1 Å². The first-order valence-electron chi connectivity index (χ1n) is 15.6. The van der Waals surface area contributed by atoms with Crippen LogP contribution in [0.2, 0.25) is 0 Å². The second-order valence-electron chi connectivity index (χ2n) is 14.4. The van der Waals surface area contributed by atoms with Crippen molar-refractivity contribution < 1.29 is 15.0 Å². The standard InChI is InChI=1S/C29H47NO3.2C2H6/c1-24(2)19-10-14-27(5)20(26(19,4)13-11-22(24)31)7-8-21-28(27,6)16-15-25(3)12-9-18(23(32)33)17-29(21,25)30;2*1-2/h8,18-20,22,31H,7,9-17,30H2,1-6H3,(H,32,33);2*1-2H3/t18?,19?,20?,22-,25+,26?,27?,28?,29?;;/m0../s1. The van der Waals surface area contributed by atoms with Gasteiger partial charge in [-0.15, -0.1) is 0 Å². The van der Waals surface area contributed by atoms with Gasteiger partial charge in [0.1, 0.15) is 0 Å². The number of allylic oxidation sites excluding steroid dienone is 1. The van der Waals surface area contributed by atoms with E-state index in [0.29, 0.717) is 18.3 Å². The Bertz CT molecular complexity index is 896.